The first-order valence-electron chi connectivity index (χ1n) is 6.91. The third-order valence-electron chi connectivity index (χ3n) is 3.97. The Morgan fingerprint density at radius 1 is 1.00 bits per heavy atom. The van der Waals surface area contributed by atoms with E-state index >= 15 is 0 Å². The highest BCUT2D eigenvalue weighted by Crippen LogP contribution is 2.51. The fourth-order valence-corrected chi connectivity index (χ4v) is 2.79. The zero-order valence-corrected chi connectivity index (χ0v) is 11.8. The molecule has 1 saturated heterocycles. The number of nitrogens with zero attached hydrogens (tertiary/aromatic N) is 1. The first kappa shape index (κ1) is 15.0. The average molecular weight is 213 g/mol. The van der Waals surface area contributed by atoms with E-state index in [1.807, 2.05) is 27.7 Å². The van der Waals surface area contributed by atoms with Crippen LogP contribution in [-0.2, 0) is 0 Å². The van der Waals surface area contributed by atoms with Gasteiger partial charge in [0.15, 0.2) is 0 Å². The number of hydrogen-bond acceptors (Lipinski definition) is 1. The van der Waals surface area contributed by atoms with Gasteiger partial charge in [-0.05, 0) is 44.2 Å². The predicted octanol–water partition coefficient (Wildman–Crippen LogP) is 4.18. The van der Waals surface area contributed by atoms with Gasteiger partial charge in [0, 0.05) is 6.54 Å². The third kappa shape index (κ3) is 3.48. The molecule has 92 valence electrons. The van der Waals surface area contributed by atoms with Crippen LogP contribution >= 0.6 is 0 Å². The quantitative estimate of drug-likeness (QED) is 0.583. The van der Waals surface area contributed by atoms with Crippen LogP contribution in [0.15, 0.2) is 0 Å². The second-order valence-electron chi connectivity index (χ2n) is 4.63. The first-order chi connectivity index (χ1) is 7.23. The first-order valence-corrected chi connectivity index (χ1v) is 6.91. The summed E-state index contributed by atoms with van der Waals surface area (Å²) >= 11 is 0. The number of rotatable bonds is 0. The fraction of sp³-hybridized carbons (Fsp3) is 1.00. The number of hydrogen-bond donors (Lipinski definition) is 0. The van der Waals surface area contributed by atoms with E-state index < -0.39 is 0 Å². The third-order valence-corrected chi connectivity index (χ3v) is 3.97. The maximum absolute atomic E-state index is 2.48. The molecule has 15 heavy (non-hydrogen) atoms. The molecular formula is C14H31N. The van der Waals surface area contributed by atoms with Crippen molar-refractivity contribution in [2.24, 2.45) is 11.3 Å². The van der Waals surface area contributed by atoms with Crippen LogP contribution in [0.25, 0.3) is 0 Å². The molecule has 0 aromatic heterocycles. The monoisotopic (exact) mass is 213 g/mol. The molecule has 0 aromatic carbocycles. The molecule has 0 amide bonds. The van der Waals surface area contributed by atoms with E-state index in [9.17, 15) is 0 Å². The summed E-state index contributed by atoms with van der Waals surface area (Å²) in [5, 5.41) is 0. The van der Waals surface area contributed by atoms with E-state index in [1.165, 1.54) is 38.8 Å². The molecule has 1 heterocycles. The summed E-state index contributed by atoms with van der Waals surface area (Å²) < 4.78 is 0. The van der Waals surface area contributed by atoms with Gasteiger partial charge in [-0.1, -0.05) is 41.0 Å². The van der Waals surface area contributed by atoms with Gasteiger partial charge < -0.3 is 4.90 Å². The van der Waals surface area contributed by atoms with Crippen LogP contribution < -0.4 is 0 Å². The van der Waals surface area contributed by atoms with Crippen LogP contribution in [-0.4, -0.2) is 25.0 Å². The lowest BCUT2D eigenvalue weighted by Crippen LogP contribution is -2.48. The van der Waals surface area contributed by atoms with Crippen LogP contribution in [0.3, 0.4) is 0 Å². The van der Waals surface area contributed by atoms with Gasteiger partial charge in [0.25, 0.3) is 0 Å². The fourth-order valence-electron chi connectivity index (χ4n) is 2.79. The molecule has 1 saturated carbocycles. The Balaban J connectivity index is 0.000000442. The second-order valence-corrected chi connectivity index (χ2v) is 4.63. The van der Waals surface area contributed by atoms with Crippen molar-refractivity contribution in [3.63, 3.8) is 0 Å². The molecule has 1 heteroatoms. The van der Waals surface area contributed by atoms with Crippen molar-refractivity contribution in [1.82, 2.24) is 4.90 Å². The summed E-state index contributed by atoms with van der Waals surface area (Å²) in [4.78, 5) is 2.48. The molecule has 2 aliphatic rings. The van der Waals surface area contributed by atoms with Crippen LogP contribution in [0.5, 0.6) is 0 Å². The van der Waals surface area contributed by atoms with Gasteiger partial charge in [-0.3, -0.25) is 0 Å². The Kier molecular flexibility index (Phi) is 7.25. The van der Waals surface area contributed by atoms with Crippen molar-refractivity contribution in [3.05, 3.63) is 0 Å². The summed E-state index contributed by atoms with van der Waals surface area (Å²) in [6, 6.07) is 0. The van der Waals surface area contributed by atoms with Crippen molar-refractivity contribution in [2.75, 3.05) is 20.1 Å². The molecule has 2 rings (SSSR count). The van der Waals surface area contributed by atoms with Crippen molar-refractivity contribution in [3.8, 4) is 0 Å². The molecule has 0 radical (unpaired) electrons. The van der Waals surface area contributed by atoms with Crippen LogP contribution in [0.2, 0.25) is 0 Å². The van der Waals surface area contributed by atoms with E-state index in [2.05, 4.69) is 18.9 Å². The van der Waals surface area contributed by atoms with Crippen molar-refractivity contribution in [2.45, 2.75) is 60.3 Å². The zero-order chi connectivity index (χ0) is 11.9. The minimum absolute atomic E-state index is 0.798. The van der Waals surface area contributed by atoms with E-state index in [4.69, 9.17) is 0 Å². The Labute approximate surface area is 97.2 Å². The molecule has 1 unspecified atom stereocenters. The SMILES string of the molecule is CC.CC.CC1CN(C)CCC12CCC2. The second kappa shape index (κ2) is 7.27. The van der Waals surface area contributed by atoms with E-state index in [1.54, 1.807) is 0 Å². The summed E-state index contributed by atoms with van der Waals surface area (Å²) in [5.41, 5.74) is 0.798. The maximum atomic E-state index is 2.48. The Hall–Kier alpha value is -0.0400. The summed E-state index contributed by atoms with van der Waals surface area (Å²) in [6.07, 6.45) is 5.99. The van der Waals surface area contributed by atoms with Gasteiger partial charge >= 0.3 is 0 Å². The number of likely N-dealkylation sites (tertiary alicyclic amines) is 1. The normalized spacial score (nSPS) is 28.0. The van der Waals surface area contributed by atoms with Crippen molar-refractivity contribution in [1.29, 1.82) is 0 Å². The lowest BCUT2D eigenvalue weighted by molar-refractivity contribution is -0.0129. The van der Waals surface area contributed by atoms with E-state index in [0.29, 0.717) is 0 Å². The highest BCUT2D eigenvalue weighted by atomic mass is 15.1. The molecule has 0 aromatic rings. The number of piperidine rings is 1. The molecule has 1 spiro atoms. The lowest BCUT2D eigenvalue weighted by atomic mass is 9.58. The van der Waals surface area contributed by atoms with Crippen LogP contribution in [0.4, 0.5) is 0 Å². The lowest BCUT2D eigenvalue weighted by Gasteiger charge is -2.52. The minimum Gasteiger partial charge on any atom is -0.306 e. The standard InChI is InChI=1S/C10H19N.2C2H6/c1-9-8-11(2)7-6-10(9)4-3-5-10;2*1-2/h9H,3-8H2,1-2H3;2*1-2H3. The van der Waals surface area contributed by atoms with Gasteiger partial charge in [0.2, 0.25) is 0 Å². The van der Waals surface area contributed by atoms with Crippen molar-refractivity contribution < 1.29 is 0 Å². The smallest absolute Gasteiger partial charge is 0.000928 e. The molecule has 1 atom stereocenters. The Morgan fingerprint density at radius 2 is 1.53 bits per heavy atom. The van der Waals surface area contributed by atoms with E-state index in [0.717, 1.165) is 11.3 Å². The Bertz CT molecular complexity index is 149. The van der Waals surface area contributed by atoms with Gasteiger partial charge in [0.05, 0.1) is 0 Å². The van der Waals surface area contributed by atoms with Gasteiger partial charge in [-0.25, -0.2) is 0 Å². The molecule has 1 aliphatic carbocycles. The summed E-state index contributed by atoms with van der Waals surface area (Å²) in [7, 11) is 2.25. The van der Waals surface area contributed by atoms with Gasteiger partial charge in [0.1, 0.15) is 0 Å². The summed E-state index contributed by atoms with van der Waals surface area (Å²) in [6.45, 7) is 13.1. The van der Waals surface area contributed by atoms with Crippen molar-refractivity contribution >= 4 is 0 Å². The molecule has 0 N–H and O–H groups in total. The molecule has 2 fully saturated rings. The largest absolute Gasteiger partial charge is 0.306 e. The summed E-state index contributed by atoms with van der Waals surface area (Å²) in [5.74, 6) is 0.954. The molecular weight excluding hydrogens is 182 g/mol. The van der Waals surface area contributed by atoms with Gasteiger partial charge in [-0.2, -0.15) is 0 Å². The highest BCUT2D eigenvalue weighted by molar-refractivity contribution is 4.95. The molecule has 1 aliphatic heterocycles. The minimum atomic E-state index is 0.798. The zero-order valence-electron chi connectivity index (χ0n) is 11.8. The Morgan fingerprint density at radius 3 is 1.87 bits per heavy atom. The highest BCUT2D eigenvalue weighted by Gasteiger charge is 2.43. The van der Waals surface area contributed by atoms with Crippen LogP contribution in [0, 0.1) is 11.3 Å². The average Bonchev–Trinajstić information content (AvgIpc) is 2.22. The predicted molar refractivity (Wildman–Crippen MR) is 70.3 cm³/mol. The van der Waals surface area contributed by atoms with E-state index in [-0.39, 0.29) is 0 Å². The topological polar surface area (TPSA) is 3.24 Å². The van der Waals surface area contributed by atoms with Crippen LogP contribution in [0.1, 0.15) is 60.3 Å². The molecule has 0 bridgehead atoms. The maximum Gasteiger partial charge on any atom is 0.000928 e. The van der Waals surface area contributed by atoms with Gasteiger partial charge in [-0.15, -0.1) is 0 Å². The molecule has 1 nitrogen and oxygen atoms in total.